The van der Waals surface area contributed by atoms with Crippen LogP contribution in [0.1, 0.15) is 10.4 Å². The van der Waals surface area contributed by atoms with E-state index in [2.05, 4.69) is 0 Å². The quantitative estimate of drug-likeness (QED) is 0.731. The standard InChI is InChI=1S/C9H8ClFO3/c1-13-7-3-6(10)8(11)5(4-12)9(7)14-2/h3-4H,1-2H3. The number of hydrogen-bond donors (Lipinski definition) is 0. The van der Waals surface area contributed by atoms with Crippen LogP contribution >= 0.6 is 11.6 Å². The summed E-state index contributed by atoms with van der Waals surface area (Å²) in [5.74, 6) is -0.537. The van der Waals surface area contributed by atoms with E-state index in [1.54, 1.807) is 0 Å². The van der Waals surface area contributed by atoms with Crippen molar-refractivity contribution in [2.45, 2.75) is 0 Å². The fourth-order valence-electron chi connectivity index (χ4n) is 1.07. The summed E-state index contributed by atoms with van der Waals surface area (Å²) in [6.07, 6.45) is 0.336. The van der Waals surface area contributed by atoms with Crippen LogP contribution in [0.15, 0.2) is 6.07 Å². The third kappa shape index (κ3) is 1.65. The largest absolute Gasteiger partial charge is 0.493 e. The van der Waals surface area contributed by atoms with Gasteiger partial charge in [0.2, 0.25) is 0 Å². The Hall–Kier alpha value is -1.29. The fraction of sp³-hybridized carbons (Fsp3) is 0.222. The average Bonchev–Trinajstić information content (AvgIpc) is 2.20. The lowest BCUT2D eigenvalue weighted by Crippen LogP contribution is -1.99. The second kappa shape index (κ2) is 4.28. The average molecular weight is 219 g/mol. The Balaban J connectivity index is 3.49. The molecular weight excluding hydrogens is 211 g/mol. The molecule has 3 nitrogen and oxygen atoms in total. The minimum absolute atomic E-state index is 0.0457. The topological polar surface area (TPSA) is 35.5 Å². The molecule has 76 valence electrons. The molecule has 0 aliphatic heterocycles. The second-order valence-electron chi connectivity index (χ2n) is 2.44. The first-order chi connectivity index (χ1) is 6.65. The number of rotatable bonds is 3. The van der Waals surface area contributed by atoms with Gasteiger partial charge in [-0.15, -0.1) is 0 Å². The first-order valence-corrected chi connectivity index (χ1v) is 4.08. The zero-order valence-electron chi connectivity index (χ0n) is 7.64. The number of carbonyl (C=O) groups is 1. The predicted octanol–water partition coefficient (Wildman–Crippen LogP) is 2.31. The van der Waals surface area contributed by atoms with Gasteiger partial charge in [0.15, 0.2) is 23.6 Å². The maximum Gasteiger partial charge on any atom is 0.174 e. The van der Waals surface area contributed by atoms with Crippen LogP contribution in [0.3, 0.4) is 0 Å². The molecule has 14 heavy (non-hydrogen) atoms. The van der Waals surface area contributed by atoms with Crippen LogP contribution in [-0.4, -0.2) is 20.5 Å². The summed E-state index contributed by atoms with van der Waals surface area (Å²) in [4.78, 5) is 10.6. The zero-order chi connectivity index (χ0) is 10.7. The monoisotopic (exact) mass is 218 g/mol. The highest BCUT2D eigenvalue weighted by Gasteiger charge is 2.18. The van der Waals surface area contributed by atoms with Crippen LogP contribution in [0, 0.1) is 5.82 Å². The van der Waals surface area contributed by atoms with Crippen molar-refractivity contribution in [2.24, 2.45) is 0 Å². The molecule has 0 spiro atoms. The summed E-state index contributed by atoms with van der Waals surface area (Å²) in [6.45, 7) is 0. The van der Waals surface area contributed by atoms with Gasteiger partial charge in [0.05, 0.1) is 24.8 Å². The van der Waals surface area contributed by atoms with Crippen molar-refractivity contribution in [1.82, 2.24) is 0 Å². The molecular formula is C9H8ClFO3. The number of hydrogen-bond acceptors (Lipinski definition) is 3. The Morgan fingerprint density at radius 3 is 2.50 bits per heavy atom. The van der Waals surface area contributed by atoms with E-state index in [0.717, 1.165) is 0 Å². The molecule has 0 bridgehead atoms. The minimum Gasteiger partial charge on any atom is -0.493 e. The zero-order valence-corrected chi connectivity index (χ0v) is 8.39. The van der Waals surface area contributed by atoms with Crippen LogP contribution in [-0.2, 0) is 0 Å². The van der Waals surface area contributed by atoms with Gasteiger partial charge in [-0.1, -0.05) is 11.6 Å². The molecule has 1 aromatic rings. The SMILES string of the molecule is COc1cc(Cl)c(F)c(C=O)c1OC. The molecule has 1 aromatic carbocycles. The number of ether oxygens (including phenoxy) is 2. The summed E-state index contributed by atoms with van der Waals surface area (Å²) in [7, 11) is 2.69. The maximum absolute atomic E-state index is 13.3. The van der Waals surface area contributed by atoms with Gasteiger partial charge < -0.3 is 9.47 Å². The Morgan fingerprint density at radius 2 is 2.07 bits per heavy atom. The van der Waals surface area contributed by atoms with E-state index in [-0.39, 0.29) is 22.1 Å². The highest BCUT2D eigenvalue weighted by Crippen LogP contribution is 2.35. The van der Waals surface area contributed by atoms with Crippen molar-refractivity contribution >= 4 is 17.9 Å². The van der Waals surface area contributed by atoms with Crippen LogP contribution in [0.5, 0.6) is 11.5 Å². The number of aldehydes is 1. The first kappa shape index (κ1) is 10.8. The Kier molecular flexibility index (Phi) is 3.30. The molecule has 0 saturated heterocycles. The van der Waals surface area contributed by atoms with Crippen molar-refractivity contribution in [3.05, 3.63) is 22.5 Å². The van der Waals surface area contributed by atoms with Crippen molar-refractivity contribution in [1.29, 1.82) is 0 Å². The molecule has 5 heteroatoms. The molecule has 0 aliphatic rings. The van der Waals surface area contributed by atoms with Crippen molar-refractivity contribution < 1.29 is 18.7 Å². The van der Waals surface area contributed by atoms with Gasteiger partial charge in [-0.2, -0.15) is 0 Å². The van der Waals surface area contributed by atoms with Crippen LogP contribution in [0.25, 0.3) is 0 Å². The smallest absolute Gasteiger partial charge is 0.174 e. The summed E-state index contributed by atoms with van der Waals surface area (Å²) in [6, 6.07) is 1.25. The Labute approximate surface area is 85.4 Å². The molecule has 0 fully saturated rings. The molecule has 0 atom stereocenters. The van der Waals surface area contributed by atoms with Gasteiger partial charge in [-0.05, 0) is 0 Å². The lowest BCUT2D eigenvalue weighted by Gasteiger charge is -2.10. The Morgan fingerprint density at radius 1 is 1.43 bits per heavy atom. The second-order valence-corrected chi connectivity index (χ2v) is 2.85. The maximum atomic E-state index is 13.3. The molecule has 0 amide bonds. The normalized spacial score (nSPS) is 9.71. The summed E-state index contributed by atoms with van der Waals surface area (Å²) in [5.41, 5.74) is -0.239. The molecule has 0 heterocycles. The van der Waals surface area contributed by atoms with Gasteiger partial charge >= 0.3 is 0 Å². The molecule has 0 saturated carbocycles. The molecule has 0 aliphatic carbocycles. The third-order valence-corrected chi connectivity index (χ3v) is 1.99. The van der Waals surface area contributed by atoms with E-state index in [4.69, 9.17) is 21.1 Å². The molecule has 0 N–H and O–H groups in total. The fourth-order valence-corrected chi connectivity index (χ4v) is 1.27. The highest BCUT2D eigenvalue weighted by molar-refractivity contribution is 6.31. The van der Waals surface area contributed by atoms with E-state index < -0.39 is 5.82 Å². The van der Waals surface area contributed by atoms with Crippen molar-refractivity contribution in [2.75, 3.05) is 14.2 Å². The van der Waals surface area contributed by atoms with Gasteiger partial charge in [0, 0.05) is 6.07 Å². The van der Waals surface area contributed by atoms with E-state index >= 15 is 0 Å². The molecule has 0 radical (unpaired) electrons. The van der Waals surface area contributed by atoms with E-state index in [1.165, 1.54) is 20.3 Å². The number of carbonyl (C=O) groups excluding carboxylic acids is 1. The van der Waals surface area contributed by atoms with E-state index in [9.17, 15) is 9.18 Å². The third-order valence-electron chi connectivity index (χ3n) is 1.71. The lowest BCUT2D eigenvalue weighted by molar-refractivity contribution is 0.111. The molecule has 0 unspecified atom stereocenters. The first-order valence-electron chi connectivity index (χ1n) is 3.70. The number of methoxy groups -OCH3 is 2. The predicted molar refractivity (Wildman–Crippen MR) is 49.9 cm³/mol. The van der Waals surface area contributed by atoms with Gasteiger partial charge in [0.1, 0.15) is 0 Å². The summed E-state index contributed by atoms with van der Waals surface area (Å²) in [5, 5.41) is -0.176. The van der Waals surface area contributed by atoms with Crippen LogP contribution in [0.2, 0.25) is 5.02 Å². The summed E-state index contributed by atoms with van der Waals surface area (Å²) < 4.78 is 23.0. The number of halogens is 2. The van der Waals surface area contributed by atoms with E-state index in [1.807, 2.05) is 0 Å². The minimum atomic E-state index is -0.806. The van der Waals surface area contributed by atoms with Gasteiger partial charge in [-0.3, -0.25) is 4.79 Å². The van der Waals surface area contributed by atoms with Crippen LogP contribution < -0.4 is 9.47 Å². The summed E-state index contributed by atoms with van der Waals surface area (Å²) >= 11 is 5.54. The van der Waals surface area contributed by atoms with E-state index in [0.29, 0.717) is 6.29 Å². The van der Waals surface area contributed by atoms with Crippen molar-refractivity contribution in [3.8, 4) is 11.5 Å². The number of benzene rings is 1. The van der Waals surface area contributed by atoms with Gasteiger partial charge in [0.25, 0.3) is 0 Å². The lowest BCUT2D eigenvalue weighted by atomic mass is 10.2. The van der Waals surface area contributed by atoms with Crippen molar-refractivity contribution in [3.63, 3.8) is 0 Å². The van der Waals surface area contributed by atoms with Crippen LogP contribution in [0.4, 0.5) is 4.39 Å². The molecule has 1 rings (SSSR count). The molecule has 0 aromatic heterocycles. The highest BCUT2D eigenvalue weighted by atomic mass is 35.5. The Bertz CT molecular complexity index is 366. The van der Waals surface area contributed by atoms with Gasteiger partial charge in [-0.25, -0.2) is 4.39 Å².